The van der Waals surface area contributed by atoms with Gasteiger partial charge in [0.05, 0.1) is 6.04 Å². The predicted octanol–water partition coefficient (Wildman–Crippen LogP) is 2.90. The third kappa shape index (κ3) is 2.07. The molecule has 0 bridgehead atoms. The Bertz CT molecular complexity index is 363. The molecule has 0 aliphatic carbocycles. The number of rotatable bonds is 2. The highest BCUT2D eigenvalue weighted by Crippen LogP contribution is 2.28. The van der Waals surface area contributed by atoms with E-state index in [9.17, 15) is 4.79 Å². The number of benzene rings is 1. The second-order valence-electron chi connectivity index (χ2n) is 3.54. The first-order valence-electron chi connectivity index (χ1n) is 4.93. The number of hydrogen-bond donors (Lipinski definition) is 1. The monoisotopic (exact) mass is 225 g/mol. The SMILES string of the molecule is CCC1NC(=O)OC1c1ccc(Cl)cc1. The number of amides is 1. The maximum Gasteiger partial charge on any atom is 0.408 e. The fourth-order valence-corrected chi connectivity index (χ4v) is 1.85. The molecule has 1 aromatic rings. The van der Waals surface area contributed by atoms with E-state index in [1.807, 2.05) is 19.1 Å². The van der Waals surface area contributed by atoms with E-state index >= 15 is 0 Å². The topological polar surface area (TPSA) is 38.3 Å². The molecule has 0 saturated carbocycles. The van der Waals surface area contributed by atoms with Gasteiger partial charge in [-0.15, -0.1) is 0 Å². The molecule has 1 aliphatic heterocycles. The molecule has 1 N–H and O–H groups in total. The summed E-state index contributed by atoms with van der Waals surface area (Å²) in [5, 5.41) is 3.46. The molecule has 2 atom stereocenters. The number of halogens is 1. The van der Waals surface area contributed by atoms with E-state index in [1.54, 1.807) is 12.1 Å². The molecule has 2 rings (SSSR count). The van der Waals surface area contributed by atoms with Gasteiger partial charge >= 0.3 is 6.09 Å². The lowest BCUT2D eigenvalue weighted by Crippen LogP contribution is -2.26. The Labute approximate surface area is 93.4 Å². The number of carbonyl (C=O) groups excluding carboxylic acids is 1. The van der Waals surface area contributed by atoms with E-state index in [-0.39, 0.29) is 18.2 Å². The van der Waals surface area contributed by atoms with E-state index in [0.717, 1.165) is 12.0 Å². The number of cyclic esters (lactones) is 1. The van der Waals surface area contributed by atoms with Crippen LogP contribution in [0.1, 0.15) is 25.0 Å². The van der Waals surface area contributed by atoms with Crippen LogP contribution in [-0.4, -0.2) is 12.1 Å². The zero-order valence-electron chi connectivity index (χ0n) is 8.37. The molecule has 0 aromatic heterocycles. The molecule has 4 heteroatoms. The molecule has 1 aliphatic rings. The van der Waals surface area contributed by atoms with Gasteiger partial charge in [0.25, 0.3) is 0 Å². The molecule has 1 fully saturated rings. The second kappa shape index (κ2) is 4.11. The van der Waals surface area contributed by atoms with Gasteiger partial charge in [0.2, 0.25) is 0 Å². The van der Waals surface area contributed by atoms with Crippen LogP contribution in [0, 0.1) is 0 Å². The molecule has 1 saturated heterocycles. The lowest BCUT2D eigenvalue weighted by molar-refractivity contribution is 0.131. The van der Waals surface area contributed by atoms with Crippen LogP contribution >= 0.6 is 11.6 Å². The lowest BCUT2D eigenvalue weighted by atomic mass is 10.0. The summed E-state index contributed by atoms with van der Waals surface area (Å²) in [6.45, 7) is 2.02. The average Bonchev–Trinajstić information content (AvgIpc) is 2.61. The number of alkyl carbamates (subject to hydrolysis) is 1. The molecule has 1 amide bonds. The molecular formula is C11H12ClNO2. The van der Waals surface area contributed by atoms with Crippen LogP contribution < -0.4 is 5.32 Å². The Balaban J connectivity index is 2.22. The summed E-state index contributed by atoms with van der Waals surface area (Å²) in [4.78, 5) is 11.1. The fourth-order valence-electron chi connectivity index (χ4n) is 1.73. The zero-order chi connectivity index (χ0) is 10.8. The second-order valence-corrected chi connectivity index (χ2v) is 3.97. The molecule has 2 unspecified atom stereocenters. The quantitative estimate of drug-likeness (QED) is 0.841. The number of carbonyl (C=O) groups is 1. The third-order valence-electron chi connectivity index (χ3n) is 2.54. The molecule has 80 valence electrons. The van der Waals surface area contributed by atoms with Crippen molar-refractivity contribution in [3.05, 3.63) is 34.9 Å². The maximum atomic E-state index is 11.1. The van der Waals surface area contributed by atoms with Gasteiger partial charge in [0.1, 0.15) is 6.10 Å². The molecule has 3 nitrogen and oxygen atoms in total. The largest absolute Gasteiger partial charge is 0.439 e. The van der Waals surface area contributed by atoms with Gasteiger partial charge in [-0.1, -0.05) is 30.7 Å². The highest BCUT2D eigenvalue weighted by molar-refractivity contribution is 6.30. The summed E-state index contributed by atoms with van der Waals surface area (Å²) in [6, 6.07) is 7.43. The lowest BCUT2D eigenvalue weighted by Gasteiger charge is -2.15. The molecule has 1 aromatic carbocycles. The van der Waals surface area contributed by atoms with Gasteiger partial charge in [-0.2, -0.15) is 0 Å². The van der Waals surface area contributed by atoms with E-state index < -0.39 is 0 Å². The minimum absolute atomic E-state index is 0.0543. The van der Waals surface area contributed by atoms with Crippen molar-refractivity contribution in [1.82, 2.24) is 5.32 Å². The highest BCUT2D eigenvalue weighted by atomic mass is 35.5. The van der Waals surface area contributed by atoms with Crippen LogP contribution in [0.4, 0.5) is 4.79 Å². The number of nitrogens with one attached hydrogen (secondary N) is 1. The van der Waals surface area contributed by atoms with E-state index in [0.29, 0.717) is 5.02 Å². The zero-order valence-corrected chi connectivity index (χ0v) is 9.12. The highest BCUT2D eigenvalue weighted by Gasteiger charge is 2.33. The number of hydrogen-bond acceptors (Lipinski definition) is 2. The minimum Gasteiger partial charge on any atom is -0.439 e. The van der Waals surface area contributed by atoms with Crippen LogP contribution in [0.25, 0.3) is 0 Å². The first-order valence-corrected chi connectivity index (χ1v) is 5.31. The summed E-state index contributed by atoms with van der Waals surface area (Å²) in [6.07, 6.45) is 0.306. The van der Waals surface area contributed by atoms with Gasteiger partial charge in [-0.05, 0) is 24.1 Å². The Morgan fingerprint density at radius 3 is 2.67 bits per heavy atom. The Hall–Kier alpha value is -1.22. The minimum atomic E-state index is -0.346. The van der Waals surface area contributed by atoms with Gasteiger partial charge in [-0.3, -0.25) is 0 Å². The Morgan fingerprint density at radius 2 is 2.07 bits per heavy atom. The van der Waals surface area contributed by atoms with Crippen molar-refractivity contribution in [1.29, 1.82) is 0 Å². The average molecular weight is 226 g/mol. The van der Waals surface area contributed by atoms with Crippen LogP contribution in [0.5, 0.6) is 0 Å². The standard InChI is InChI=1S/C11H12ClNO2/c1-2-9-10(15-11(14)13-9)7-3-5-8(12)6-4-7/h3-6,9-10H,2H2,1H3,(H,13,14). The predicted molar refractivity (Wildman–Crippen MR) is 57.9 cm³/mol. The summed E-state index contributed by atoms with van der Waals surface area (Å²) in [5.41, 5.74) is 0.976. The van der Waals surface area contributed by atoms with Crippen molar-refractivity contribution in [3.8, 4) is 0 Å². The van der Waals surface area contributed by atoms with E-state index in [2.05, 4.69) is 5.32 Å². The summed E-state index contributed by atoms with van der Waals surface area (Å²) in [7, 11) is 0. The van der Waals surface area contributed by atoms with Crippen LogP contribution in [0.15, 0.2) is 24.3 Å². The van der Waals surface area contributed by atoms with E-state index in [1.165, 1.54) is 0 Å². The third-order valence-corrected chi connectivity index (χ3v) is 2.79. The molecule has 1 heterocycles. The molecule has 15 heavy (non-hydrogen) atoms. The summed E-state index contributed by atoms with van der Waals surface area (Å²) in [5.74, 6) is 0. The molecular weight excluding hydrogens is 214 g/mol. The van der Waals surface area contributed by atoms with Crippen molar-refractivity contribution < 1.29 is 9.53 Å². The number of ether oxygens (including phenoxy) is 1. The van der Waals surface area contributed by atoms with Crippen molar-refractivity contribution in [3.63, 3.8) is 0 Å². The van der Waals surface area contributed by atoms with Crippen LogP contribution in [0.2, 0.25) is 5.02 Å². The maximum absolute atomic E-state index is 11.1. The van der Waals surface area contributed by atoms with Crippen molar-refractivity contribution in [2.45, 2.75) is 25.5 Å². The Morgan fingerprint density at radius 1 is 1.40 bits per heavy atom. The van der Waals surface area contributed by atoms with Gasteiger partial charge in [0, 0.05) is 5.02 Å². The van der Waals surface area contributed by atoms with Crippen molar-refractivity contribution >= 4 is 17.7 Å². The summed E-state index contributed by atoms with van der Waals surface area (Å²) >= 11 is 5.79. The first-order chi connectivity index (χ1) is 7.20. The summed E-state index contributed by atoms with van der Waals surface area (Å²) < 4.78 is 5.20. The van der Waals surface area contributed by atoms with Gasteiger partial charge in [0.15, 0.2) is 0 Å². The fraction of sp³-hybridized carbons (Fsp3) is 0.364. The van der Waals surface area contributed by atoms with Gasteiger partial charge < -0.3 is 10.1 Å². The van der Waals surface area contributed by atoms with E-state index in [4.69, 9.17) is 16.3 Å². The smallest absolute Gasteiger partial charge is 0.408 e. The van der Waals surface area contributed by atoms with Crippen LogP contribution in [-0.2, 0) is 4.74 Å². The van der Waals surface area contributed by atoms with Crippen LogP contribution in [0.3, 0.4) is 0 Å². The van der Waals surface area contributed by atoms with Crippen molar-refractivity contribution in [2.75, 3.05) is 0 Å². The van der Waals surface area contributed by atoms with Gasteiger partial charge in [-0.25, -0.2) is 4.79 Å². The molecule has 0 spiro atoms. The van der Waals surface area contributed by atoms with Crippen molar-refractivity contribution in [2.24, 2.45) is 0 Å². The molecule has 0 radical (unpaired) electrons. The normalized spacial score (nSPS) is 24.8. The first kappa shape index (κ1) is 10.3. The Kier molecular flexibility index (Phi) is 2.82.